The molecule has 1 heterocycles. The average Bonchev–Trinajstić information content (AvgIpc) is 2.52. The van der Waals surface area contributed by atoms with Crippen LogP contribution in [0, 0.1) is 3.57 Å². The number of halogens is 1. The quantitative estimate of drug-likeness (QED) is 0.525. The molecule has 0 aliphatic carbocycles. The summed E-state index contributed by atoms with van der Waals surface area (Å²) in [5.74, 6) is 0.685. The average molecular weight is 438 g/mol. The second-order valence-corrected chi connectivity index (χ2v) is 8.38. The second kappa shape index (κ2) is 8.47. The van der Waals surface area contributed by atoms with E-state index in [1.165, 1.54) is 19.3 Å². The first-order valence-electron chi connectivity index (χ1n) is 7.58. The fourth-order valence-corrected chi connectivity index (χ4v) is 4.64. The predicted octanol–water partition coefficient (Wildman–Crippen LogP) is 2.45. The zero-order chi connectivity index (χ0) is 16.0. The SMILES string of the molecule is COc1ccc(S(=O)(=O)NCCCN2CCCCC2)cc1I. The monoisotopic (exact) mass is 438 g/mol. The molecule has 1 saturated heterocycles. The fraction of sp³-hybridized carbons (Fsp3) is 0.600. The summed E-state index contributed by atoms with van der Waals surface area (Å²) in [7, 11) is -1.87. The van der Waals surface area contributed by atoms with E-state index < -0.39 is 10.0 Å². The van der Waals surface area contributed by atoms with Crippen molar-refractivity contribution in [3.05, 3.63) is 21.8 Å². The van der Waals surface area contributed by atoms with E-state index >= 15 is 0 Å². The molecule has 1 aromatic rings. The van der Waals surface area contributed by atoms with Crippen LogP contribution in [0.3, 0.4) is 0 Å². The number of nitrogens with one attached hydrogen (secondary N) is 1. The summed E-state index contributed by atoms with van der Waals surface area (Å²) in [6, 6.07) is 4.89. The summed E-state index contributed by atoms with van der Waals surface area (Å²) >= 11 is 2.08. The van der Waals surface area contributed by atoms with Crippen LogP contribution in [0.2, 0.25) is 0 Å². The van der Waals surface area contributed by atoms with Gasteiger partial charge in [0.05, 0.1) is 15.6 Å². The van der Waals surface area contributed by atoms with Crippen LogP contribution >= 0.6 is 22.6 Å². The molecule has 5 nitrogen and oxygen atoms in total. The van der Waals surface area contributed by atoms with Crippen molar-refractivity contribution >= 4 is 32.6 Å². The van der Waals surface area contributed by atoms with Crippen LogP contribution in [-0.2, 0) is 10.0 Å². The minimum absolute atomic E-state index is 0.288. The standard InChI is InChI=1S/C15H23IN2O3S/c1-21-15-7-6-13(12-14(15)16)22(19,20)17-8-5-11-18-9-3-2-4-10-18/h6-7,12,17H,2-5,8-11H2,1H3. The zero-order valence-corrected chi connectivity index (χ0v) is 15.8. The van der Waals surface area contributed by atoms with E-state index in [1.54, 1.807) is 25.3 Å². The van der Waals surface area contributed by atoms with Gasteiger partial charge in [-0.1, -0.05) is 6.42 Å². The highest BCUT2D eigenvalue weighted by atomic mass is 127. The zero-order valence-electron chi connectivity index (χ0n) is 12.8. The number of benzene rings is 1. The molecule has 124 valence electrons. The van der Waals surface area contributed by atoms with Crippen molar-refractivity contribution in [2.24, 2.45) is 0 Å². The summed E-state index contributed by atoms with van der Waals surface area (Å²) in [5.41, 5.74) is 0. The van der Waals surface area contributed by atoms with Gasteiger partial charge in [-0.25, -0.2) is 13.1 Å². The molecule has 0 aromatic heterocycles. The second-order valence-electron chi connectivity index (χ2n) is 5.45. The first-order valence-corrected chi connectivity index (χ1v) is 10.1. The van der Waals surface area contributed by atoms with Crippen LogP contribution in [0.4, 0.5) is 0 Å². The molecular weight excluding hydrogens is 415 g/mol. The van der Waals surface area contributed by atoms with Gasteiger partial charge in [-0.2, -0.15) is 0 Å². The van der Waals surface area contributed by atoms with Gasteiger partial charge in [0.2, 0.25) is 10.0 Å². The molecule has 0 amide bonds. The van der Waals surface area contributed by atoms with Crippen LogP contribution in [0.15, 0.2) is 23.1 Å². The number of nitrogens with zero attached hydrogens (tertiary/aromatic N) is 1. The third-order valence-electron chi connectivity index (χ3n) is 3.83. The van der Waals surface area contributed by atoms with Gasteiger partial charge in [0.1, 0.15) is 5.75 Å². The molecule has 1 N–H and O–H groups in total. The highest BCUT2D eigenvalue weighted by Gasteiger charge is 2.16. The van der Waals surface area contributed by atoms with E-state index in [1.807, 2.05) is 0 Å². The number of likely N-dealkylation sites (tertiary alicyclic amines) is 1. The number of rotatable bonds is 7. The van der Waals surface area contributed by atoms with Crippen LogP contribution in [0.25, 0.3) is 0 Å². The molecule has 0 atom stereocenters. The van der Waals surface area contributed by atoms with Crippen molar-refractivity contribution in [1.29, 1.82) is 0 Å². The van der Waals surface area contributed by atoms with Crippen LogP contribution in [0.1, 0.15) is 25.7 Å². The van der Waals surface area contributed by atoms with Gasteiger partial charge >= 0.3 is 0 Å². The van der Waals surface area contributed by atoms with Gasteiger partial charge in [0.25, 0.3) is 0 Å². The van der Waals surface area contributed by atoms with Gasteiger partial charge in [-0.15, -0.1) is 0 Å². The molecule has 2 rings (SSSR count). The molecule has 0 unspecified atom stereocenters. The van der Waals surface area contributed by atoms with E-state index in [2.05, 4.69) is 32.2 Å². The Morgan fingerprint density at radius 1 is 1.27 bits per heavy atom. The van der Waals surface area contributed by atoms with Gasteiger partial charge in [-0.3, -0.25) is 0 Å². The summed E-state index contributed by atoms with van der Waals surface area (Å²) in [6.07, 6.45) is 4.68. The van der Waals surface area contributed by atoms with Crippen LogP contribution < -0.4 is 9.46 Å². The van der Waals surface area contributed by atoms with Gasteiger partial charge in [-0.05, 0) is 79.7 Å². The Kier molecular flexibility index (Phi) is 6.91. The highest BCUT2D eigenvalue weighted by Crippen LogP contribution is 2.23. The van der Waals surface area contributed by atoms with Gasteiger partial charge in [0.15, 0.2) is 0 Å². The maximum atomic E-state index is 12.3. The molecule has 1 aliphatic heterocycles. The first-order chi connectivity index (χ1) is 10.5. The Hall–Kier alpha value is -0.380. The van der Waals surface area contributed by atoms with E-state index in [4.69, 9.17) is 4.74 Å². The number of methoxy groups -OCH3 is 1. The Morgan fingerprint density at radius 3 is 2.64 bits per heavy atom. The van der Waals surface area contributed by atoms with Gasteiger partial charge < -0.3 is 9.64 Å². The number of piperidine rings is 1. The lowest BCUT2D eigenvalue weighted by atomic mass is 10.1. The molecule has 1 fully saturated rings. The lowest BCUT2D eigenvalue weighted by molar-refractivity contribution is 0.227. The topological polar surface area (TPSA) is 58.6 Å². The molecule has 0 radical (unpaired) electrons. The van der Waals surface area contributed by atoms with Crippen molar-refractivity contribution in [3.8, 4) is 5.75 Å². The fourth-order valence-electron chi connectivity index (χ4n) is 2.59. The number of sulfonamides is 1. The number of hydrogen-bond acceptors (Lipinski definition) is 4. The molecule has 22 heavy (non-hydrogen) atoms. The summed E-state index contributed by atoms with van der Waals surface area (Å²) in [4.78, 5) is 2.70. The van der Waals surface area contributed by atoms with Crippen molar-refractivity contribution in [2.45, 2.75) is 30.6 Å². The first kappa shape index (κ1) is 18.0. The third kappa shape index (κ3) is 5.07. The highest BCUT2D eigenvalue weighted by molar-refractivity contribution is 14.1. The predicted molar refractivity (Wildman–Crippen MR) is 95.8 cm³/mol. The molecule has 1 aromatic carbocycles. The Balaban J connectivity index is 1.84. The minimum Gasteiger partial charge on any atom is -0.496 e. The Bertz CT molecular complexity index is 586. The molecule has 0 saturated carbocycles. The lowest BCUT2D eigenvalue weighted by Crippen LogP contribution is -2.33. The molecule has 1 aliphatic rings. The van der Waals surface area contributed by atoms with E-state index in [0.29, 0.717) is 12.3 Å². The lowest BCUT2D eigenvalue weighted by Gasteiger charge is -2.26. The van der Waals surface area contributed by atoms with Crippen molar-refractivity contribution in [1.82, 2.24) is 9.62 Å². The third-order valence-corrected chi connectivity index (χ3v) is 6.13. The summed E-state index contributed by atoms with van der Waals surface area (Å²) in [6.45, 7) is 3.72. The maximum Gasteiger partial charge on any atom is 0.240 e. The van der Waals surface area contributed by atoms with Gasteiger partial charge in [0, 0.05) is 6.54 Å². The normalized spacial score (nSPS) is 16.6. The Morgan fingerprint density at radius 2 is 2.00 bits per heavy atom. The maximum absolute atomic E-state index is 12.3. The van der Waals surface area contributed by atoms with Crippen molar-refractivity contribution in [3.63, 3.8) is 0 Å². The summed E-state index contributed by atoms with van der Waals surface area (Å²) < 4.78 is 33.2. The van der Waals surface area contributed by atoms with Crippen molar-refractivity contribution in [2.75, 3.05) is 33.3 Å². The Labute approximate surface area is 146 Å². The summed E-state index contributed by atoms with van der Waals surface area (Å²) in [5, 5.41) is 0. The molecule has 0 bridgehead atoms. The largest absolute Gasteiger partial charge is 0.496 e. The van der Waals surface area contributed by atoms with Crippen LogP contribution in [0.5, 0.6) is 5.75 Å². The minimum atomic E-state index is -3.44. The van der Waals surface area contributed by atoms with E-state index in [-0.39, 0.29) is 4.90 Å². The number of hydrogen-bond donors (Lipinski definition) is 1. The van der Waals surface area contributed by atoms with E-state index in [9.17, 15) is 8.42 Å². The van der Waals surface area contributed by atoms with Crippen molar-refractivity contribution < 1.29 is 13.2 Å². The molecular formula is C15H23IN2O3S. The molecule has 0 spiro atoms. The smallest absolute Gasteiger partial charge is 0.240 e. The molecule has 7 heteroatoms. The number of ether oxygens (including phenoxy) is 1. The van der Waals surface area contributed by atoms with E-state index in [0.717, 1.165) is 29.6 Å². The van der Waals surface area contributed by atoms with Crippen LogP contribution in [-0.4, -0.2) is 46.6 Å².